The number of carbonyl (C=O) groups excluding carboxylic acids is 1. The van der Waals surface area contributed by atoms with Crippen LogP contribution in [0.4, 0.5) is 13.2 Å². The van der Waals surface area contributed by atoms with E-state index in [1.807, 2.05) is 25.9 Å². The number of likely N-dealkylation sites (tertiary alicyclic amines) is 1. The molecule has 1 rings (SSSR count). The Morgan fingerprint density at radius 2 is 1.87 bits per heavy atom. The SMILES string of the molecule is CC1CN(C(=O)C(F)(F)F)CC1N(C)C. The standard InChI is InChI=1S/C9H15F3N2O/c1-6-4-14(5-7(6)13(2)3)8(15)9(10,11)12/h6-7H,4-5H2,1-3H3. The van der Waals surface area contributed by atoms with E-state index in [0.29, 0.717) is 0 Å². The van der Waals surface area contributed by atoms with Gasteiger partial charge in [0.2, 0.25) is 0 Å². The number of amides is 1. The van der Waals surface area contributed by atoms with Gasteiger partial charge in [0.15, 0.2) is 0 Å². The maximum atomic E-state index is 12.2. The largest absolute Gasteiger partial charge is 0.471 e. The molecule has 0 aromatic heterocycles. The molecule has 0 saturated carbocycles. The van der Waals surface area contributed by atoms with E-state index in [2.05, 4.69) is 0 Å². The van der Waals surface area contributed by atoms with E-state index in [1.165, 1.54) is 0 Å². The summed E-state index contributed by atoms with van der Waals surface area (Å²) in [7, 11) is 3.62. The first kappa shape index (κ1) is 12.3. The van der Waals surface area contributed by atoms with Gasteiger partial charge in [-0.15, -0.1) is 0 Å². The van der Waals surface area contributed by atoms with Crippen molar-refractivity contribution in [2.24, 2.45) is 5.92 Å². The molecule has 0 spiro atoms. The first-order valence-electron chi connectivity index (χ1n) is 4.76. The van der Waals surface area contributed by atoms with Gasteiger partial charge >= 0.3 is 12.1 Å². The normalized spacial score (nSPS) is 27.5. The molecule has 1 saturated heterocycles. The van der Waals surface area contributed by atoms with Gasteiger partial charge in [-0.05, 0) is 20.0 Å². The molecule has 0 radical (unpaired) electrons. The highest BCUT2D eigenvalue weighted by Crippen LogP contribution is 2.25. The predicted molar refractivity (Wildman–Crippen MR) is 49.3 cm³/mol. The average Bonchev–Trinajstić information content (AvgIpc) is 2.44. The maximum Gasteiger partial charge on any atom is 0.471 e. The van der Waals surface area contributed by atoms with Crippen LogP contribution in [0.3, 0.4) is 0 Å². The fourth-order valence-corrected chi connectivity index (χ4v) is 1.97. The molecule has 0 bridgehead atoms. The minimum Gasteiger partial charge on any atom is -0.333 e. The zero-order valence-corrected chi connectivity index (χ0v) is 9.01. The summed E-state index contributed by atoms with van der Waals surface area (Å²) in [6.07, 6.45) is -4.75. The summed E-state index contributed by atoms with van der Waals surface area (Å²) in [4.78, 5) is 13.7. The lowest BCUT2D eigenvalue weighted by molar-refractivity contribution is -0.184. The number of hydrogen-bond donors (Lipinski definition) is 0. The minimum absolute atomic E-state index is 0.0105. The number of likely N-dealkylation sites (N-methyl/N-ethyl adjacent to an activating group) is 1. The molecule has 1 aliphatic heterocycles. The van der Waals surface area contributed by atoms with Crippen molar-refractivity contribution >= 4 is 5.91 Å². The van der Waals surface area contributed by atoms with Crippen LogP contribution in [-0.4, -0.2) is 55.1 Å². The average molecular weight is 224 g/mol. The molecule has 0 N–H and O–H groups in total. The van der Waals surface area contributed by atoms with Crippen molar-refractivity contribution in [1.29, 1.82) is 0 Å². The van der Waals surface area contributed by atoms with Crippen molar-refractivity contribution < 1.29 is 18.0 Å². The summed E-state index contributed by atoms with van der Waals surface area (Å²) in [6, 6.07) is 0.0105. The second-order valence-corrected chi connectivity index (χ2v) is 4.22. The molecule has 88 valence electrons. The summed E-state index contributed by atoms with van der Waals surface area (Å²) < 4.78 is 36.5. The van der Waals surface area contributed by atoms with E-state index in [0.717, 1.165) is 4.90 Å². The summed E-state index contributed by atoms with van der Waals surface area (Å²) in [5.74, 6) is -1.65. The van der Waals surface area contributed by atoms with E-state index < -0.39 is 12.1 Å². The van der Waals surface area contributed by atoms with Gasteiger partial charge in [-0.2, -0.15) is 13.2 Å². The predicted octanol–water partition coefficient (Wildman–Crippen LogP) is 0.957. The lowest BCUT2D eigenvalue weighted by atomic mass is 10.1. The summed E-state index contributed by atoms with van der Waals surface area (Å²) >= 11 is 0. The van der Waals surface area contributed by atoms with Gasteiger partial charge in [0.1, 0.15) is 0 Å². The lowest BCUT2D eigenvalue weighted by Gasteiger charge is -2.22. The van der Waals surface area contributed by atoms with E-state index in [4.69, 9.17) is 0 Å². The number of alkyl halides is 3. The molecule has 1 amide bonds. The molecule has 1 fully saturated rings. The van der Waals surface area contributed by atoms with Gasteiger partial charge in [0.25, 0.3) is 0 Å². The van der Waals surface area contributed by atoms with Gasteiger partial charge < -0.3 is 9.80 Å². The van der Waals surface area contributed by atoms with Crippen molar-refractivity contribution in [2.75, 3.05) is 27.2 Å². The van der Waals surface area contributed by atoms with Crippen LogP contribution in [0.5, 0.6) is 0 Å². The molecule has 3 nitrogen and oxygen atoms in total. The molecular weight excluding hydrogens is 209 g/mol. The molecule has 2 atom stereocenters. The van der Waals surface area contributed by atoms with Crippen LogP contribution in [0.15, 0.2) is 0 Å². The highest BCUT2D eigenvalue weighted by molar-refractivity contribution is 5.82. The quantitative estimate of drug-likeness (QED) is 0.662. The van der Waals surface area contributed by atoms with Crippen LogP contribution in [-0.2, 0) is 4.79 Å². The molecule has 1 aliphatic rings. The second-order valence-electron chi connectivity index (χ2n) is 4.22. The molecule has 0 aliphatic carbocycles. The molecule has 1 heterocycles. The third kappa shape index (κ3) is 2.62. The van der Waals surface area contributed by atoms with Crippen molar-refractivity contribution in [2.45, 2.75) is 19.1 Å². The van der Waals surface area contributed by atoms with Crippen LogP contribution in [0.25, 0.3) is 0 Å². The zero-order valence-electron chi connectivity index (χ0n) is 9.01. The fourth-order valence-electron chi connectivity index (χ4n) is 1.97. The molecule has 0 aromatic rings. The third-order valence-electron chi connectivity index (χ3n) is 2.77. The van der Waals surface area contributed by atoms with E-state index in [1.54, 1.807) is 0 Å². The Kier molecular flexibility index (Phi) is 3.28. The number of hydrogen-bond acceptors (Lipinski definition) is 2. The fraction of sp³-hybridized carbons (Fsp3) is 0.889. The molecule has 2 unspecified atom stereocenters. The highest BCUT2D eigenvalue weighted by atomic mass is 19.4. The number of halogens is 3. The molecule has 15 heavy (non-hydrogen) atoms. The number of nitrogens with zero attached hydrogens (tertiary/aromatic N) is 2. The third-order valence-corrected chi connectivity index (χ3v) is 2.77. The van der Waals surface area contributed by atoms with Crippen molar-refractivity contribution in [3.8, 4) is 0 Å². The van der Waals surface area contributed by atoms with Crippen LogP contribution in [0.1, 0.15) is 6.92 Å². The molecular formula is C9H15F3N2O. The molecule has 6 heteroatoms. The lowest BCUT2D eigenvalue weighted by Crippen LogP contribution is -2.41. The first-order valence-corrected chi connectivity index (χ1v) is 4.76. The van der Waals surface area contributed by atoms with Crippen LogP contribution in [0, 0.1) is 5.92 Å². The smallest absolute Gasteiger partial charge is 0.333 e. The maximum absolute atomic E-state index is 12.2. The monoisotopic (exact) mass is 224 g/mol. The summed E-state index contributed by atoms with van der Waals surface area (Å²) in [5, 5.41) is 0. The van der Waals surface area contributed by atoms with E-state index >= 15 is 0 Å². The molecule has 0 aromatic carbocycles. The zero-order chi connectivity index (χ0) is 11.8. The Hall–Kier alpha value is -0.780. The van der Waals surface area contributed by atoms with Gasteiger partial charge in [0.05, 0.1) is 0 Å². The van der Waals surface area contributed by atoms with E-state index in [9.17, 15) is 18.0 Å². The number of rotatable bonds is 1. The van der Waals surface area contributed by atoms with Crippen LogP contribution in [0.2, 0.25) is 0 Å². The van der Waals surface area contributed by atoms with Crippen molar-refractivity contribution in [1.82, 2.24) is 9.80 Å². The van der Waals surface area contributed by atoms with Crippen LogP contribution >= 0.6 is 0 Å². The summed E-state index contributed by atoms with van der Waals surface area (Å²) in [5.41, 5.74) is 0. The van der Waals surface area contributed by atoms with Gasteiger partial charge in [-0.1, -0.05) is 6.92 Å². The Bertz CT molecular complexity index is 252. The number of carbonyl (C=O) groups is 1. The summed E-state index contributed by atoms with van der Waals surface area (Å²) in [6.45, 7) is 2.20. The Balaban J connectivity index is 2.67. The Labute approximate surface area is 86.8 Å². The van der Waals surface area contributed by atoms with Gasteiger partial charge in [-0.3, -0.25) is 4.79 Å². The van der Waals surface area contributed by atoms with E-state index in [-0.39, 0.29) is 25.0 Å². The topological polar surface area (TPSA) is 23.6 Å². The van der Waals surface area contributed by atoms with Crippen LogP contribution < -0.4 is 0 Å². The Morgan fingerprint density at radius 1 is 1.33 bits per heavy atom. The van der Waals surface area contributed by atoms with Gasteiger partial charge in [0, 0.05) is 19.1 Å². The Morgan fingerprint density at radius 3 is 2.20 bits per heavy atom. The van der Waals surface area contributed by atoms with Gasteiger partial charge in [-0.25, -0.2) is 0 Å². The minimum atomic E-state index is -4.75. The van der Waals surface area contributed by atoms with Crippen molar-refractivity contribution in [3.05, 3.63) is 0 Å². The second kappa shape index (κ2) is 4.00. The van der Waals surface area contributed by atoms with Crippen molar-refractivity contribution in [3.63, 3.8) is 0 Å². The first-order chi connectivity index (χ1) is 6.73. The highest BCUT2D eigenvalue weighted by Gasteiger charge is 2.46.